The van der Waals surface area contributed by atoms with Gasteiger partial charge in [-0.2, -0.15) is 0 Å². The standard InChI is InChI=1S/C7H5NS.CH5N/c1-2-4-7-6(3-1)8-5-9-7;1-2/h1-5H;2H2,1H3. The maximum Gasteiger partial charge on any atom is 0.0812 e. The summed E-state index contributed by atoms with van der Waals surface area (Å²) in [6.07, 6.45) is 0. The Hall–Kier alpha value is -0.930. The summed E-state index contributed by atoms with van der Waals surface area (Å²) in [7, 11) is 1.50. The first-order valence-corrected chi connectivity index (χ1v) is 4.21. The van der Waals surface area contributed by atoms with Gasteiger partial charge in [-0.3, -0.25) is 0 Å². The van der Waals surface area contributed by atoms with Crippen LogP contribution in [-0.2, 0) is 0 Å². The maximum absolute atomic E-state index is 4.50. The van der Waals surface area contributed by atoms with Crippen molar-refractivity contribution in [2.45, 2.75) is 0 Å². The summed E-state index contributed by atoms with van der Waals surface area (Å²) in [4.78, 5) is 4.14. The Morgan fingerprint density at radius 1 is 1.27 bits per heavy atom. The van der Waals surface area contributed by atoms with E-state index >= 15 is 0 Å². The van der Waals surface area contributed by atoms with Crippen LogP contribution in [0.1, 0.15) is 0 Å². The lowest BCUT2D eigenvalue weighted by Crippen LogP contribution is -1.69. The first kappa shape index (κ1) is 8.17. The van der Waals surface area contributed by atoms with Gasteiger partial charge in [0.15, 0.2) is 0 Å². The molecule has 0 radical (unpaired) electrons. The molecule has 2 N–H and O–H groups in total. The van der Waals surface area contributed by atoms with E-state index in [1.54, 1.807) is 11.3 Å². The van der Waals surface area contributed by atoms with E-state index in [1.807, 2.05) is 23.7 Å². The topological polar surface area (TPSA) is 38.9 Å². The Balaban J connectivity index is 0.000000281. The summed E-state index contributed by atoms with van der Waals surface area (Å²) in [5.74, 6) is 0. The molecule has 58 valence electrons. The number of fused-ring (bicyclic) bond motifs is 1. The fraction of sp³-hybridized carbons (Fsp3) is 0.125. The van der Waals surface area contributed by atoms with E-state index in [-0.39, 0.29) is 0 Å². The molecule has 0 aliphatic heterocycles. The van der Waals surface area contributed by atoms with Gasteiger partial charge in [-0.25, -0.2) is 4.98 Å². The van der Waals surface area contributed by atoms with Crippen molar-refractivity contribution in [3.63, 3.8) is 0 Å². The molecule has 1 aromatic heterocycles. The Morgan fingerprint density at radius 3 is 2.73 bits per heavy atom. The van der Waals surface area contributed by atoms with Gasteiger partial charge >= 0.3 is 0 Å². The third kappa shape index (κ3) is 1.76. The van der Waals surface area contributed by atoms with Gasteiger partial charge in [-0.1, -0.05) is 12.1 Å². The van der Waals surface area contributed by atoms with Gasteiger partial charge in [0.2, 0.25) is 0 Å². The van der Waals surface area contributed by atoms with Crippen LogP contribution < -0.4 is 5.73 Å². The van der Waals surface area contributed by atoms with Crippen molar-refractivity contribution >= 4 is 21.6 Å². The molecule has 0 spiro atoms. The third-order valence-corrected chi connectivity index (χ3v) is 2.05. The minimum absolute atomic E-state index is 1.10. The molecule has 0 saturated heterocycles. The van der Waals surface area contributed by atoms with Crippen molar-refractivity contribution in [2.24, 2.45) is 5.73 Å². The van der Waals surface area contributed by atoms with Crippen LogP contribution in [0, 0.1) is 0 Å². The fourth-order valence-corrected chi connectivity index (χ4v) is 1.48. The highest BCUT2D eigenvalue weighted by atomic mass is 32.1. The molecule has 2 rings (SSSR count). The molecule has 0 saturated carbocycles. The Kier molecular flexibility index (Phi) is 3.01. The van der Waals surface area contributed by atoms with Crippen molar-refractivity contribution < 1.29 is 0 Å². The number of thiazole rings is 1. The van der Waals surface area contributed by atoms with E-state index < -0.39 is 0 Å². The zero-order valence-electron chi connectivity index (χ0n) is 6.32. The zero-order chi connectivity index (χ0) is 8.10. The molecule has 0 atom stereocenters. The zero-order valence-corrected chi connectivity index (χ0v) is 7.14. The largest absolute Gasteiger partial charge is 0.333 e. The Bertz CT molecular complexity index is 286. The van der Waals surface area contributed by atoms with Crippen molar-refractivity contribution in [1.82, 2.24) is 4.98 Å². The number of hydrogen-bond donors (Lipinski definition) is 1. The highest BCUT2D eigenvalue weighted by molar-refractivity contribution is 7.16. The van der Waals surface area contributed by atoms with Crippen LogP contribution in [0.25, 0.3) is 10.2 Å². The van der Waals surface area contributed by atoms with E-state index in [0.29, 0.717) is 0 Å². The minimum Gasteiger partial charge on any atom is -0.333 e. The molecule has 0 bridgehead atoms. The quantitative estimate of drug-likeness (QED) is 0.649. The fourth-order valence-electron chi connectivity index (χ4n) is 0.803. The molecule has 0 aliphatic carbocycles. The average molecular weight is 166 g/mol. The SMILES string of the molecule is CN.c1ccc2scnc2c1. The lowest BCUT2D eigenvalue weighted by molar-refractivity contribution is 1.48. The number of aromatic nitrogens is 1. The molecule has 2 aromatic rings. The summed E-state index contributed by atoms with van der Waals surface area (Å²) in [5, 5.41) is 0. The summed E-state index contributed by atoms with van der Waals surface area (Å²) in [6.45, 7) is 0. The summed E-state index contributed by atoms with van der Waals surface area (Å²) < 4.78 is 1.26. The predicted molar refractivity (Wildman–Crippen MR) is 49.7 cm³/mol. The summed E-state index contributed by atoms with van der Waals surface area (Å²) >= 11 is 1.68. The van der Waals surface area contributed by atoms with Crippen molar-refractivity contribution in [1.29, 1.82) is 0 Å². The number of benzene rings is 1. The van der Waals surface area contributed by atoms with Gasteiger partial charge in [-0.15, -0.1) is 11.3 Å². The van der Waals surface area contributed by atoms with Crippen LogP contribution in [0.3, 0.4) is 0 Å². The lowest BCUT2D eigenvalue weighted by atomic mass is 10.3. The molecular weight excluding hydrogens is 156 g/mol. The van der Waals surface area contributed by atoms with E-state index in [9.17, 15) is 0 Å². The molecule has 0 fully saturated rings. The molecule has 3 heteroatoms. The number of hydrogen-bond acceptors (Lipinski definition) is 3. The second-order valence-electron chi connectivity index (χ2n) is 1.82. The Labute approximate surface area is 69.7 Å². The van der Waals surface area contributed by atoms with E-state index in [0.717, 1.165) is 5.52 Å². The summed E-state index contributed by atoms with van der Waals surface area (Å²) in [5.41, 5.74) is 7.47. The van der Waals surface area contributed by atoms with Gasteiger partial charge < -0.3 is 5.73 Å². The van der Waals surface area contributed by atoms with Crippen molar-refractivity contribution in [2.75, 3.05) is 7.05 Å². The second-order valence-corrected chi connectivity index (χ2v) is 2.71. The first-order valence-electron chi connectivity index (χ1n) is 3.33. The average Bonchev–Trinajstić information content (AvgIpc) is 2.55. The highest BCUT2D eigenvalue weighted by Crippen LogP contribution is 2.15. The number of nitrogens with two attached hydrogens (primary N) is 1. The van der Waals surface area contributed by atoms with Gasteiger partial charge in [0.25, 0.3) is 0 Å². The molecule has 2 nitrogen and oxygen atoms in total. The smallest absolute Gasteiger partial charge is 0.0812 e. The molecule has 0 aliphatic rings. The second kappa shape index (κ2) is 4.05. The number of nitrogens with zero attached hydrogens (tertiary/aromatic N) is 1. The molecular formula is C8H10N2S. The van der Waals surface area contributed by atoms with Gasteiger partial charge in [-0.05, 0) is 19.2 Å². The van der Waals surface area contributed by atoms with Crippen LogP contribution in [0.5, 0.6) is 0 Å². The Morgan fingerprint density at radius 2 is 2.00 bits per heavy atom. The maximum atomic E-state index is 4.50. The highest BCUT2D eigenvalue weighted by Gasteiger charge is 1.89. The predicted octanol–water partition coefficient (Wildman–Crippen LogP) is 1.87. The number of para-hydroxylation sites is 1. The third-order valence-electron chi connectivity index (χ3n) is 1.24. The van der Waals surface area contributed by atoms with Crippen molar-refractivity contribution in [3.05, 3.63) is 29.8 Å². The minimum atomic E-state index is 1.10. The van der Waals surface area contributed by atoms with Crippen LogP contribution in [-0.4, -0.2) is 12.0 Å². The molecule has 1 aromatic carbocycles. The molecule has 0 amide bonds. The van der Waals surface area contributed by atoms with E-state index in [2.05, 4.69) is 16.8 Å². The van der Waals surface area contributed by atoms with E-state index in [1.165, 1.54) is 11.7 Å². The molecule has 11 heavy (non-hydrogen) atoms. The summed E-state index contributed by atoms with van der Waals surface area (Å²) in [6, 6.07) is 8.13. The first-order chi connectivity index (χ1) is 5.47. The van der Waals surface area contributed by atoms with Crippen LogP contribution in [0.15, 0.2) is 29.8 Å². The van der Waals surface area contributed by atoms with Crippen LogP contribution >= 0.6 is 11.3 Å². The van der Waals surface area contributed by atoms with Crippen LogP contribution in [0.4, 0.5) is 0 Å². The van der Waals surface area contributed by atoms with Gasteiger partial charge in [0.1, 0.15) is 0 Å². The number of rotatable bonds is 0. The normalized spacial score (nSPS) is 8.91. The molecule has 1 heterocycles. The van der Waals surface area contributed by atoms with Crippen molar-refractivity contribution in [3.8, 4) is 0 Å². The van der Waals surface area contributed by atoms with Crippen LogP contribution in [0.2, 0.25) is 0 Å². The van der Waals surface area contributed by atoms with Gasteiger partial charge in [0.05, 0.1) is 15.7 Å². The monoisotopic (exact) mass is 166 g/mol. The lowest BCUT2D eigenvalue weighted by Gasteiger charge is -1.80. The van der Waals surface area contributed by atoms with Gasteiger partial charge in [0, 0.05) is 0 Å². The molecule has 0 unspecified atom stereocenters. The van der Waals surface area contributed by atoms with E-state index in [4.69, 9.17) is 0 Å².